The summed E-state index contributed by atoms with van der Waals surface area (Å²) in [4.78, 5) is 2.36. The highest BCUT2D eigenvalue weighted by molar-refractivity contribution is 5.20. The number of azide groups is 1. The molecule has 0 aliphatic rings. The Morgan fingerprint density at radius 1 is 1.50 bits per heavy atom. The van der Waals surface area contributed by atoms with Crippen molar-refractivity contribution >= 4 is 0 Å². The lowest BCUT2D eigenvalue weighted by Crippen LogP contribution is -2.10. The Hall–Kier alpha value is -1.76. The summed E-state index contributed by atoms with van der Waals surface area (Å²) in [7, 11) is 0. The average Bonchev–Trinajstić information content (AvgIpc) is 2.58. The van der Waals surface area contributed by atoms with Crippen LogP contribution in [0.4, 0.5) is 17.6 Å². The lowest BCUT2D eigenvalue weighted by Gasteiger charge is -2.03. The van der Waals surface area contributed by atoms with Gasteiger partial charge >= 0.3 is 6.18 Å². The van der Waals surface area contributed by atoms with Crippen molar-refractivity contribution in [3.63, 3.8) is 0 Å². The molecule has 0 spiro atoms. The van der Waals surface area contributed by atoms with Gasteiger partial charge in [0.1, 0.15) is 6.67 Å². The van der Waals surface area contributed by atoms with Crippen LogP contribution < -0.4 is 0 Å². The zero-order valence-corrected chi connectivity index (χ0v) is 7.95. The molecule has 0 aromatic carbocycles. The summed E-state index contributed by atoms with van der Waals surface area (Å²) in [6.45, 7) is -1.54. The number of nitrogens with zero attached hydrogens (tertiary/aromatic N) is 5. The maximum atomic E-state index is 12.4. The van der Waals surface area contributed by atoms with E-state index in [0.717, 1.165) is 10.9 Å². The Balaban J connectivity index is 3.07. The highest BCUT2D eigenvalue weighted by Crippen LogP contribution is 2.31. The molecule has 0 saturated heterocycles. The number of aromatic nitrogens is 2. The van der Waals surface area contributed by atoms with Crippen molar-refractivity contribution in [3.8, 4) is 0 Å². The molecule has 0 atom stereocenters. The maximum Gasteiger partial charge on any atom is 0.435 e. The largest absolute Gasteiger partial charge is 0.435 e. The third-order valence-corrected chi connectivity index (χ3v) is 1.72. The Morgan fingerprint density at radius 2 is 2.19 bits per heavy atom. The molecule has 0 N–H and O–H groups in total. The van der Waals surface area contributed by atoms with Crippen LogP contribution in [0, 0.1) is 0 Å². The summed E-state index contributed by atoms with van der Waals surface area (Å²) in [5.41, 5.74) is 6.61. The lowest BCUT2D eigenvalue weighted by molar-refractivity contribution is -0.142. The van der Waals surface area contributed by atoms with Gasteiger partial charge < -0.3 is 0 Å². The number of aryl methyl sites for hydroxylation is 1. The van der Waals surface area contributed by atoms with Crippen LogP contribution in [-0.4, -0.2) is 16.5 Å². The highest BCUT2D eigenvalue weighted by atomic mass is 19.4. The first kappa shape index (κ1) is 12.3. The van der Waals surface area contributed by atoms with Crippen molar-refractivity contribution < 1.29 is 17.6 Å². The van der Waals surface area contributed by atoms with Gasteiger partial charge in [0, 0.05) is 16.7 Å². The fourth-order valence-electron chi connectivity index (χ4n) is 1.13. The first-order valence-corrected chi connectivity index (χ1v) is 4.19. The minimum Gasteiger partial charge on any atom is -0.269 e. The smallest absolute Gasteiger partial charge is 0.269 e. The predicted octanol–water partition coefficient (Wildman–Crippen LogP) is 2.68. The van der Waals surface area contributed by atoms with E-state index in [9.17, 15) is 17.6 Å². The van der Waals surface area contributed by atoms with Crippen LogP contribution in [0.3, 0.4) is 0 Å². The van der Waals surface area contributed by atoms with Crippen molar-refractivity contribution in [2.45, 2.75) is 19.3 Å². The van der Waals surface area contributed by atoms with Gasteiger partial charge in [-0.3, -0.25) is 4.68 Å². The summed E-state index contributed by atoms with van der Waals surface area (Å²) < 4.78 is 50.1. The van der Waals surface area contributed by atoms with Gasteiger partial charge in [-0.05, 0) is 5.53 Å². The van der Waals surface area contributed by atoms with E-state index in [1.807, 2.05) is 0 Å². The van der Waals surface area contributed by atoms with Crippen LogP contribution in [-0.2, 0) is 19.3 Å². The maximum absolute atomic E-state index is 12.4. The first-order valence-electron chi connectivity index (χ1n) is 4.19. The van der Waals surface area contributed by atoms with Gasteiger partial charge in [-0.2, -0.15) is 18.3 Å². The Kier molecular flexibility index (Phi) is 3.73. The topological polar surface area (TPSA) is 66.6 Å². The third kappa shape index (κ3) is 2.86. The zero-order valence-electron chi connectivity index (χ0n) is 7.95. The molecule has 0 radical (unpaired) electrons. The van der Waals surface area contributed by atoms with Gasteiger partial charge in [-0.1, -0.05) is 5.11 Å². The molecule has 0 unspecified atom stereocenters. The van der Waals surface area contributed by atoms with Crippen LogP contribution in [0.1, 0.15) is 11.3 Å². The van der Waals surface area contributed by atoms with E-state index in [0.29, 0.717) is 0 Å². The van der Waals surface area contributed by atoms with Crippen molar-refractivity contribution in [1.29, 1.82) is 0 Å². The molecule has 0 amide bonds. The van der Waals surface area contributed by atoms with Crippen molar-refractivity contribution in [2.24, 2.45) is 5.11 Å². The molecule has 5 nitrogen and oxygen atoms in total. The molecule has 0 fully saturated rings. The third-order valence-electron chi connectivity index (χ3n) is 1.72. The van der Waals surface area contributed by atoms with Crippen LogP contribution >= 0.6 is 0 Å². The van der Waals surface area contributed by atoms with E-state index >= 15 is 0 Å². The fourth-order valence-corrected chi connectivity index (χ4v) is 1.13. The van der Waals surface area contributed by atoms with Gasteiger partial charge in [0.15, 0.2) is 5.69 Å². The molecule has 1 aromatic rings. The molecular weight excluding hydrogens is 230 g/mol. The Labute approximate surface area is 87.3 Å². The summed E-state index contributed by atoms with van der Waals surface area (Å²) >= 11 is 0. The number of halogens is 4. The van der Waals surface area contributed by atoms with Crippen molar-refractivity contribution in [2.75, 3.05) is 6.67 Å². The number of alkyl halides is 4. The van der Waals surface area contributed by atoms with Gasteiger partial charge in [-0.15, -0.1) is 0 Å². The van der Waals surface area contributed by atoms with E-state index in [1.54, 1.807) is 0 Å². The minimum absolute atomic E-state index is 0.265. The van der Waals surface area contributed by atoms with Gasteiger partial charge in [0.25, 0.3) is 0 Å². The number of hydrogen-bond donors (Lipinski definition) is 0. The second-order valence-electron chi connectivity index (χ2n) is 2.84. The monoisotopic (exact) mass is 237 g/mol. The van der Waals surface area contributed by atoms with Crippen LogP contribution in [0.15, 0.2) is 11.3 Å². The standard InChI is InChI=1S/C7H7F4N5/c8-1-2-16-4-5(3-13-15-12)6(14-16)7(9,10)11/h4H,1-3H2. The second-order valence-corrected chi connectivity index (χ2v) is 2.84. The molecule has 0 aliphatic heterocycles. The van der Waals surface area contributed by atoms with Crippen LogP contribution in [0.5, 0.6) is 0 Å². The first-order chi connectivity index (χ1) is 7.49. The Morgan fingerprint density at radius 3 is 2.69 bits per heavy atom. The van der Waals surface area contributed by atoms with Crippen LogP contribution in [0.2, 0.25) is 0 Å². The molecule has 1 rings (SSSR count). The van der Waals surface area contributed by atoms with E-state index in [-0.39, 0.29) is 12.1 Å². The SMILES string of the molecule is [N-]=[N+]=NCc1cn(CCF)nc1C(F)(F)F. The van der Waals surface area contributed by atoms with E-state index in [1.165, 1.54) is 0 Å². The highest BCUT2D eigenvalue weighted by Gasteiger charge is 2.36. The molecule has 0 aliphatic carbocycles. The summed E-state index contributed by atoms with van der Waals surface area (Å²) in [6.07, 6.45) is -3.61. The predicted molar refractivity (Wildman–Crippen MR) is 46.1 cm³/mol. The minimum atomic E-state index is -4.64. The molecule has 0 saturated carbocycles. The molecule has 1 aromatic heterocycles. The molecule has 88 valence electrons. The zero-order chi connectivity index (χ0) is 12.2. The van der Waals surface area contributed by atoms with E-state index in [4.69, 9.17) is 5.53 Å². The van der Waals surface area contributed by atoms with E-state index < -0.39 is 25.1 Å². The molecule has 1 heterocycles. The summed E-state index contributed by atoms with van der Waals surface area (Å²) in [5, 5.41) is 6.22. The van der Waals surface area contributed by atoms with Crippen LogP contribution in [0.25, 0.3) is 10.4 Å². The van der Waals surface area contributed by atoms with Gasteiger partial charge in [0.05, 0.1) is 13.1 Å². The van der Waals surface area contributed by atoms with Crippen molar-refractivity contribution in [3.05, 3.63) is 27.9 Å². The normalized spacial score (nSPS) is 11.2. The van der Waals surface area contributed by atoms with Crippen molar-refractivity contribution in [1.82, 2.24) is 9.78 Å². The molecule has 9 heteroatoms. The fraction of sp³-hybridized carbons (Fsp3) is 0.571. The summed E-state index contributed by atoms with van der Waals surface area (Å²) in [6, 6.07) is 0. The number of hydrogen-bond acceptors (Lipinski definition) is 2. The summed E-state index contributed by atoms with van der Waals surface area (Å²) in [5.74, 6) is 0. The molecule has 0 bridgehead atoms. The van der Waals surface area contributed by atoms with Gasteiger partial charge in [-0.25, -0.2) is 4.39 Å². The number of rotatable bonds is 4. The average molecular weight is 237 g/mol. The van der Waals surface area contributed by atoms with Gasteiger partial charge in [0.2, 0.25) is 0 Å². The second kappa shape index (κ2) is 4.84. The van der Waals surface area contributed by atoms with E-state index in [2.05, 4.69) is 15.1 Å². The molecule has 16 heavy (non-hydrogen) atoms. The lowest BCUT2D eigenvalue weighted by atomic mass is 10.2. The Bertz CT molecular complexity index is 403. The molecular formula is C7H7F4N5. The quantitative estimate of drug-likeness (QED) is 0.343.